The molecule has 0 saturated heterocycles. The van der Waals surface area contributed by atoms with Gasteiger partial charge >= 0.3 is 0 Å². The number of rotatable bonds is 3. The molecular weight excluding hydrogens is 222 g/mol. The summed E-state index contributed by atoms with van der Waals surface area (Å²) in [4.78, 5) is 0. The van der Waals surface area contributed by atoms with Crippen LogP contribution < -0.4 is 5.73 Å². The van der Waals surface area contributed by atoms with Crippen LogP contribution in [0.1, 0.15) is 19.5 Å². The molecule has 0 aliphatic heterocycles. The Balaban J connectivity index is 2.45. The number of nitrogens with zero attached hydrogens (tertiary/aromatic N) is 2. The van der Waals surface area contributed by atoms with Crippen LogP contribution >= 0.6 is 0 Å². The number of nitrogen functional groups attached to an aromatic ring is 1. The molecule has 0 fully saturated rings. The first-order chi connectivity index (χ1) is 8.76. The van der Waals surface area contributed by atoms with Gasteiger partial charge in [0.25, 0.3) is 0 Å². The third kappa shape index (κ3) is 2.35. The summed E-state index contributed by atoms with van der Waals surface area (Å²) < 4.78 is 1.75. The van der Waals surface area contributed by atoms with Gasteiger partial charge in [0, 0.05) is 6.07 Å². The smallest absolute Gasteiger partial charge is 0.127 e. The molecule has 0 amide bonds. The molecule has 2 aromatic rings. The van der Waals surface area contributed by atoms with E-state index in [4.69, 9.17) is 5.73 Å². The van der Waals surface area contributed by atoms with Crippen LogP contribution in [0.25, 0.3) is 11.3 Å². The van der Waals surface area contributed by atoms with Gasteiger partial charge < -0.3 is 5.73 Å². The maximum Gasteiger partial charge on any atom is 0.127 e. The fourth-order valence-corrected chi connectivity index (χ4v) is 1.82. The zero-order chi connectivity index (χ0) is 13.0. The molecule has 0 aliphatic carbocycles. The molecule has 2 N–H and O–H groups in total. The quantitative estimate of drug-likeness (QED) is 0.834. The lowest BCUT2D eigenvalue weighted by Gasteiger charge is -2.02. The molecule has 3 heteroatoms. The van der Waals surface area contributed by atoms with Crippen LogP contribution in [0.4, 0.5) is 5.82 Å². The van der Waals surface area contributed by atoms with Crippen LogP contribution in [0.2, 0.25) is 0 Å². The third-order valence-corrected chi connectivity index (χ3v) is 2.69. The Morgan fingerprint density at radius 1 is 1.22 bits per heavy atom. The second kappa shape index (κ2) is 5.36. The molecule has 2 rings (SSSR count). The fraction of sp³-hybridized carbons (Fsp3) is 0.133. The van der Waals surface area contributed by atoms with Gasteiger partial charge in [0.15, 0.2) is 0 Å². The van der Waals surface area contributed by atoms with Crippen LogP contribution in [0.5, 0.6) is 0 Å². The maximum atomic E-state index is 6.01. The van der Waals surface area contributed by atoms with Crippen molar-refractivity contribution in [3.8, 4) is 5.69 Å². The molecule has 0 bridgehead atoms. The van der Waals surface area contributed by atoms with Crippen LogP contribution in [-0.2, 0) is 0 Å². The minimum Gasteiger partial charge on any atom is -0.384 e. The van der Waals surface area contributed by atoms with E-state index in [0.29, 0.717) is 5.82 Å². The summed E-state index contributed by atoms with van der Waals surface area (Å²) in [5.74, 6) is 0.639. The first kappa shape index (κ1) is 12.2. The standard InChI is InChI=1S/C15H17N3/c1-3-8-12(4-2)14-11-15(16)18(17-14)13-9-6-5-7-10-13/h3-11H,16H2,1-2H3. The molecule has 0 radical (unpaired) electrons. The van der Waals surface area contributed by atoms with E-state index >= 15 is 0 Å². The Hall–Kier alpha value is -2.29. The molecule has 0 aliphatic rings. The van der Waals surface area contributed by atoms with Gasteiger partial charge in [-0.2, -0.15) is 5.10 Å². The minimum absolute atomic E-state index is 0.639. The van der Waals surface area contributed by atoms with E-state index in [1.807, 2.05) is 68.5 Å². The lowest BCUT2D eigenvalue weighted by atomic mass is 10.1. The summed E-state index contributed by atoms with van der Waals surface area (Å²) in [5.41, 5.74) is 8.94. The average molecular weight is 239 g/mol. The Morgan fingerprint density at radius 3 is 2.56 bits per heavy atom. The SMILES string of the molecule is CC=CC(=CC)c1cc(N)n(-c2ccccc2)n1. The molecule has 1 aromatic heterocycles. The minimum atomic E-state index is 0.639. The Bertz CT molecular complexity index is 577. The second-order valence-electron chi connectivity index (χ2n) is 3.95. The average Bonchev–Trinajstić information content (AvgIpc) is 2.79. The number of benzene rings is 1. The number of hydrogen-bond acceptors (Lipinski definition) is 2. The first-order valence-electron chi connectivity index (χ1n) is 5.96. The number of para-hydroxylation sites is 1. The van der Waals surface area contributed by atoms with Crippen molar-refractivity contribution in [2.75, 3.05) is 5.73 Å². The van der Waals surface area contributed by atoms with Gasteiger partial charge in [-0.25, -0.2) is 4.68 Å². The van der Waals surface area contributed by atoms with Crippen molar-refractivity contribution in [3.63, 3.8) is 0 Å². The van der Waals surface area contributed by atoms with Gasteiger partial charge in [-0.3, -0.25) is 0 Å². The molecular formula is C15H17N3. The second-order valence-corrected chi connectivity index (χ2v) is 3.95. The van der Waals surface area contributed by atoms with Gasteiger partial charge in [-0.15, -0.1) is 0 Å². The van der Waals surface area contributed by atoms with Gasteiger partial charge in [-0.1, -0.05) is 36.4 Å². The van der Waals surface area contributed by atoms with Crippen molar-refractivity contribution in [2.45, 2.75) is 13.8 Å². The maximum absolute atomic E-state index is 6.01. The van der Waals surface area contributed by atoms with Crippen molar-refractivity contribution >= 4 is 11.4 Å². The number of hydrogen-bond donors (Lipinski definition) is 1. The van der Waals surface area contributed by atoms with Crippen molar-refractivity contribution < 1.29 is 0 Å². The summed E-state index contributed by atoms with van der Waals surface area (Å²) in [6.45, 7) is 3.98. The molecule has 92 valence electrons. The van der Waals surface area contributed by atoms with E-state index in [2.05, 4.69) is 5.10 Å². The monoisotopic (exact) mass is 239 g/mol. The Morgan fingerprint density at radius 2 is 1.94 bits per heavy atom. The predicted octanol–water partition coefficient (Wildman–Crippen LogP) is 3.43. The summed E-state index contributed by atoms with van der Waals surface area (Å²) in [6, 6.07) is 11.8. The van der Waals surface area contributed by atoms with Gasteiger partial charge in [0.05, 0.1) is 11.4 Å². The van der Waals surface area contributed by atoms with E-state index in [9.17, 15) is 0 Å². The highest BCUT2D eigenvalue weighted by molar-refractivity contribution is 5.73. The zero-order valence-corrected chi connectivity index (χ0v) is 10.7. The van der Waals surface area contributed by atoms with E-state index < -0.39 is 0 Å². The summed E-state index contributed by atoms with van der Waals surface area (Å²) >= 11 is 0. The van der Waals surface area contributed by atoms with Crippen molar-refractivity contribution in [1.82, 2.24) is 9.78 Å². The highest BCUT2D eigenvalue weighted by Crippen LogP contribution is 2.20. The van der Waals surface area contributed by atoms with Crippen LogP contribution in [0.3, 0.4) is 0 Å². The highest BCUT2D eigenvalue weighted by Gasteiger charge is 2.08. The molecule has 3 nitrogen and oxygen atoms in total. The lowest BCUT2D eigenvalue weighted by Crippen LogP contribution is -2.01. The Kier molecular flexibility index (Phi) is 3.63. The van der Waals surface area contributed by atoms with Crippen molar-refractivity contribution in [1.29, 1.82) is 0 Å². The Labute approximate surface area is 107 Å². The molecule has 1 aromatic carbocycles. The van der Waals surface area contributed by atoms with E-state index in [1.54, 1.807) is 4.68 Å². The lowest BCUT2D eigenvalue weighted by molar-refractivity contribution is 0.884. The van der Waals surface area contributed by atoms with E-state index in [1.165, 1.54) is 0 Å². The number of nitrogens with two attached hydrogens (primary N) is 1. The van der Waals surface area contributed by atoms with Gasteiger partial charge in [-0.05, 0) is 31.6 Å². The molecule has 0 atom stereocenters. The third-order valence-electron chi connectivity index (χ3n) is 2.69. The van der Waals surface area contributed by atoms with Gasteiger partial charge in [0.2, 0.25) is 0 Å². The van der Waals surface area contributed by atoms with Crippen LogP contribution in [0.15, 0.2) is 54.6 Å². The largest absolute Gasteiger partial charge is 0.384 e. The molecule has 18 heavy (non-hydrogen) atoms. The zero-order valence-electron chi connectivity index (χ0n) is 10.7. The van der Waals surface area contributed by atoms with E-state index in [-0.39, 0.29) is 0 Å². The summed E-state index contributed by atoms with van der Waals surface area (Å²) in [5, 5.41) is 4.54. The van der Waals surface area contributed by atoms with E-state index in [0.717, 1.165) is 17.0 Å². The normalized spacial score (nSPS) is 12.2. The van der Waals surface area contributed by atoms with Crippen molar-refractivity contribution in [2.24, 2.45) is 0 Å². The molecule has 1 heterocycles. The predicted molar refractivity (Wildman–Crippen MR) is 76.4 cm³/mol. The first-order valence-corrected chi connectivity index (χ1v) is 5.96. The molecule has 0 spiro atoms. The summed E-state index contributed by atoms with van der Waals surface area (Å²) in [7, 11) is 0. The number of allylic oxidation sites excluding steroid dienone is 4. The number of anilines is 1. The molecule has 0 saturated carbocycles. The fourth-order valence-electron chi connectivity index (χ4n) is 1.82. The van der Waals surface area contributed by atoms with Crippen molar-refractivity contribution in [3.05, 3.63) is 60.3 Å². The molecule has 0 unspecified atom stereocenters. The number of aromatic nitrogens is 2. The summed E-state index contributed by atoms with van der Waals surface area (Å²) in [6.07, 6.45) is 6.04. The van der Waals surface area contributed by atoms with Crippen LogP contribution in [0, 0.1) is 0 Å². The van der Waals surface area contributed by atoms with Crippen LogP contribution in [-0.4, -0.2) is 9.78 Å². The topological polar surface area (TPSA) is 43.8 Å². The highest BCUT2D eigenvalue weighted by atomic mass is 15.3. The van der Waals surface area contributed by atoms with Gasteiger partial charge in [0.1, 0.15) is 5.82 Å².